The molecule has 1 aromatic carbocycles. The van der Waals surface area contributed by atoms with E-state index in [1.165, 1.54) is 0 Å². The first kappa shape index (κ1) is 17.4. The first-order valence-electron chi connectivity index (χ1n) is 6.84. The van der Waals surface area contributed by atoms with Crippen LogP contribution in [0.3, 0.4) is 0 Å². The molecule has 1 fully saturated rings. The summed E-state index contributed by atoms with van der Waals surface area (Å²) in [5.41, 5.74) is 6.46. The molecule has 0 unspecified atom stereocenters. The number of aryl methyl sites for hydroxylation is 1. The molecule has 0 atom stereocenters. The molecule has 1 aliphatic carbocycles. The molecule has 0 bridgehead atoms. The summed E-state index contributed by atoms with van der Waals surface area (Å²) in [6.45, 7) is 2.41. The zero-order valence-corrected chi connectivity index (χ0v) is 13.4. The van der Waals surface area contributed by atoms with Crippen LogP contribution in [0.1, 0.15) is 38.2 Å². The molecule has 0 aromatic heterocycles. The van der Waals surface area contributed by atoms with Crippen molar-refractivity contribution in [1.29, 1.82) is 0 Å². The molecular weight excluding hydrogens is 296 g/mol. The van der Waals surface area contributed by atoms with Crippen molar-refractivity contribution in [1.82, 2.24) is 4.72 Å². The van der Waals surface area contributed by atoms with Gasteiger partial charge in [-0.15, -0.1) is 12.4 Å². The molecule has 0 spiro atoms. The number of halogens is 1. The molecule has 1 saturated carbocycles. The molecule has 0 amide bonds. The van der Waals surface area contributed by atoms with E-state index in [1.54, 1.807) is 12.1 Å². The summed E-state index contributed by atoms with van der Waals surface area (Å²) in [4.78, 5) is 0.324. The maximum absolute atomic E-state index is 12.4. The second kappa shape index (κ2) is 6.89. The average Bonchev–Trinajstić information content (AvgIpc) is 2.87. The van der Waals surface area contributed by atoms with E-state index >= 15 is 0 Å². The molecule has 114 valence electrons. The predicted octanol–water partition coefficient (Wildman–Crippen LogP) is 2.22. The van der Waals surface area contributed by atoms with Gasteiger partial charge in [-0.05, 0) is 37.0 Å². The summed E-state index contributed by atoms with van der Waals surface area (Å²) in [6.07, 6.45) is 4.63. The van der Waals surface area contributed by atoms with Crippen molar-refractivity contribution >= 4 is 22.4 Å². The lowest BCUT2D eigenvalue weighted by molar-refractivity contribution is 0.399. The molecule has 0 aliphatic heterocycles. The lowest BCUT2D eigenvalue weighted by atomic mass is 10.0. The number of nitrogens with two attached hydrogens (primary N) is 1. The molecule has 4 nitrogen and oxygen atoms in total. The lowest BCUT2D eigenvalue weighted by Crippen LogP contribution is -2.51. The Balaban J connectivity index is 0.00000200. The second-order valence-electron chi connectivity index (χ2n) is 5.29. The van der Waals surface area contributed by atoms with Gasteiger partial charge < -0.3 is 5.73 Å². The van der Waals surface area contributed by atoms with E-state index in [9.17, 15) is 8.42 Å². The lowest BCUT2D eigenvalue weighted by Gasteiger charge is -2.28. The van der Waals surface area contributed by atoms with Crippen LogP contribution >= 0.6 is 12.4 Å². The summed E-state index contributed by atoms with van der Waals surface area (Å²) in [5, 5.41) is 0. The Morgan fingerprint density at radius 1 is 1.20 bits per heavy atom. The predicted molar refractivity (Wildman–Crippen MR) is 83.6 cm³/mol. The fraction of sp³-hybridized carbons (Fsp3) is 0.571. The van der Waals surface area contributed by atoms with Crippen LogP contribution in [0.4, 0.5) is 0 Å². The van der Waals surface area contributed by atoms with Crippen molar-refractivity contribution in [2.45, 2.75) is 49.5 Å². The van der Waals surface area contributed by atoms with Crippen molar-refractivity contribution in [2.75, 3.05) is 6.54 Å². The van der Waals surface area contributed by atoms with E-state index in [2.05, 4.69) is 4.72 Å². The van der Waals surface area contributed by atoms with Gasteiger partial charge in [0.25, 0.3) is 0 Å². The van der Waals surface area contributed by atoms with E-state index in [0.717, 1.165) is 37.7 Å². The molecule has 1 aromatic rings. The van der Waals surface area contributed by atoms with Crippen molar-refractivity contribution in [2.24, 2.45) is 5.73 Å². The topological polar surface area (TPSA) is 72.2 Å². The van der Waals surface area contributed by atoms with Crippen LogP contribution in [-0.2, 0) is 16.4 Å². The van der Waals surface area contributed by atoms with E-state index < -0.39 is 15.6 Å². The van der Waals surface area contributed by atoms with Gasteiger partial charge in [0.05, 0.1) is 4.90 Å². The zero-order chi connectivity index (χ0) is 13.9. The second-order valence-corrected chi connectivity index (χ2v) is 6.98. The Hall–Kier alpha value is -0.620. The Kier molecular flexibility index (Phi) is 6.01. The van der Waals surface area contributed by atoms with E-state index in [-0.39, 0.29) is 12.4 Å². The number of nitrogens with one attached hydrogen (secondary N) is 1. The highest BCUT2D eigenvalue weighted by Gasteiger charge is 2.36. The number of hydrogen-bond acceptors (Lipinski definition) is 3. The van der Waals surface area contributed by atoms with E-state index in [4.69, 9.17) is 5.73 Å². The molecule has 0 radical (unpaired) electrons. The van der Waals surface area contributed by atoms with Gasteiger partial charge in [-0.2, -0.15) is 0 Å². The maximum atomic E-state index is 12.4. The fourth-order valence-corrected chi connectivity index (χ4v) is 4.12. The number of benzene rings is 1. The Labute approximate surface area is 127 Å². The molecule has 1 aliphatic rings. The van der Waals surface area contributed by atoms with Gasteiger partial charge in [-0.25, -0.2) is 13.1 Å². The molecule has 0 heterocycles. The van der Waals surface area contributed by atoms with Crippen LogP contribution in [0, 0.1) is 0 Å². The maximum Gasteiger partial charge on any atom is 0.241 e. The van der Waals surface area contributed by atoms with Gasteiger partial charge in [-0.3, -0.25) is 0 Å². The highest BCUT2D eigenvalue weighted by Crippen LogP contribution is 2.30. The summed E-state index contributed by atoms with van der Waals surface area (Å²) < 4.78 is 27.6. The van der Waals surface area contributed by atoms with Gasteiger partial charge in [0.1, 0.15) is 0 Å². The minimum atomic E-state index is -3.47. The highest BCUT2D eigenvalue weighted by atomic mass is 35.5. The molecule has 3 N–H and O–H groups in total. The Bertz CT molecular complexity index is 523. The first-order valence-corrected chi connectivity index (χ1v) is 8.33. The number of rotatable bonds is 5. The fourth-order valence-electron chi connectivity index (χ4n) is 2.65. The minimum Gasteiger partial charge on any atom is -0.329 e. The molecule has 0 saturated heterocycles. The molecule has 2 rings (SSSR count). The molecular formula is C14H23ClN2O2S. The third-order valence-corrected chi connectivity index (χ3v) is 5.54. The standard InChI is InChI=1S/C14H22N2O2S.ClH/c1-2-12-5-7-13(8-6-12)19(17,18)16-14(11-15)9-3-4-10-14;/h5-8,16H,2-4,9-11,15H2,1H3;1H. The number of hydrogen-bond donors (Lipinski definition) is 2. The van der Waals surface area contributed by atoms with E-state index in [0.29, 0.717) is 11.4 Å². The molecule has 6 heteroatoms. The Morgan fingerprint density at radius 3 is 2.20 bits per heavy atom. The van der Waals surface area contributed by atoms with Crippen LogP contribution in [0.5, 0.6) is 0 Å². The Morgan fingerprint density at radius 2 is 1.75 bits per heavy atom. The summed E-state index contributed by atoms with van der Waals surface area (Å²) in [5.74, 6) is 0. The summed E-state index contributed by atoms with van der Waals surface area (Å²) >= 11 is 0. The van der Waals surface area contributed by atoms with Crippen LogP contribution in [0.25, 0.3) is 0 Å². The van der Waals surface area contributed by atoms with Gasteiger partial charge >= 0.3 is 0 Å². The average molecular weight is 319 g/mol. The van der Waals surface area contributed by atoms with Gasteiger partial charge in [0.15, 0.2) is 0 Å². The monoisotopic (exact) mass is 318 g/mol. The van der Waals surface area contributed by atoms with Crippen molar-refractivity contribution in [3.05, 3.63) is 29.8 Å². The normalized spacial score (nSPS) is 17.7. The van der Waals surface area contributed by atoms with Crippen LogP contribution in [-0.4, -0.2) is 20.5 Å². The third kappa shape index (κ3) is 3.73. The largest absolute Gasteiger partial charge is 0.329 e. The van der Waals surface area contributed by atoms with Crippen molar-refractivity contribution in [3.63, 3.8) is 0 Å². The first-order chi connectivity index (χ1) is 9.01. The zero-order valence-electron chi connectivity index (χ0n) is 11.8. The third-order valence-electron chi connectivity index (χ3n) is 3.94. The van der Waals surface area contributed by atoms with Gasteiger partial charge in [-0.1, -0.05) is 31.9 Å². The van der Waals surface area contributed by atoms with Gasteiger partial charge in [0, 0.05) is 12.1 Å². The quantitative estimate of drug-likeness (QED) is 0.874. The minimum absolute atomic E-state index is 0. The summed E-state index contributed by atoms with van der Waals surface area (Å²) in [7, 11) is -3.47. The van der Waals surface area contributed by atoms with E-state index in [1.807, 2.05) is 19.1 Å². The molecule has 20 heavy (non-hydrogen) atoms. The van der Waals surface area contributed by atoms with Crippen LogP contribution < -0.4 is 10.5 Å². The van der Waals surface area contributed by atoms with Crippen LogP contribution in [0.15, 0.2) is 29.2 Å². The number of sulfonamides is 1. The SMILES string of the molecule is CCc1ccc(S(=O)(=O)NC2(CN)CCCC2)cc1.Cl. The smallest absolute Gasteiger partial charge is 0.241 e. The van der Waals surface area contributed by atoms with Gasteiger partial charge in [0.2, 0.25) is 10.0 Å². The van der Waals surface area contributed by atoms with Crippen LogP contribution in [0.2, 0.25) is 0 Å². The highest BCUT2D eigenvalue weighted by molar-refractivity contribution is 7.89. The van der Waals surface area contributed by atoms with Crippen molar-refractivity contribution < 1.29 is 8.42 Å². The summed E-state index contributed by atoms with van der Waals surface area (Å²) in [6, 6.07) is 7.05. The van der Waals surface area contributed by atoms with Crippen molar-refractivity contribution in [3.8, 4) is 0 Å².